The molecule has 0 saturated heterocycles. The Balaban J connectivity index is 2.11. The minimum absolute atomic E-state index is 0.517. The molecule has 0 radical (unpaired) electrons. The van der Waals surface area contributed by atoms with Gasteiger partial charge >= 0.3 is 0 Å². The van der Waals surface area contributed by atoms with E-state index < -0.39 is 0 Å². The number of hydrogen-bond donors (Lipinski definition) is 0. The average molecular weight is 381 g/mol. The molecule has 0 fully saturated rings. The molecule has 0 aliphatic heterocycles. The molecular formula is C23H28N2OS. The van der Waals surface area contributed by atoms with Crippen molar-refractivity contribution < 1.29 is 4.74 Å². The highest BCUT2D eigenvalue weighted by atomic mass is 32.2. The molecule has 1 aromatic heterocycles. The van der Waals surface area contributed by atoms with Gasteiger partial charge in [0.2, 0.25) is 0 Å². The summed E-state index contributed by atoms with van der Waals surface area (Å²) < 4.78 is 5.70. The van der Waals surface area contributed by atoms with E-state index in [1.807, 2.05) is 19.1 Å². The molecule has 27 heavy (non-hydrogen) atoms. The lowest BCUT2D eigenvalue weighted by Crippen LogP contribution is -1.98. The predicted molar refractivity (Wildman–Crippen MR) is 116 cm³/mol. The summed E-state index contributed by atoms with van der Waals surface area (Å²) in [4.78, 5) is 9.69. The molecular weight excluding hydrogens is 352 g/mol. The Bertz CT molecular complexity index is 904. The van der Waals surface area contributed by atoms with Gasteiger partial charge in [0.1, 0.15) is 5.75 Å². The highest BCUT2D eigenvalue weighted by molar-refractivity contribution is 7.99. The van der Waals surface area contributed by atoms with Gasteiger partial charge in [-0.3, -0.25) is 0 Å². The fourth-order valence-electron chi connectivity index (χ4n) is 2.89. The normalized spacial score (nSPS) is 11.5. The topological polar surface area (TPSA) is 35.0 Å². The molecule has 4 heteroatoms. The molecule has 3 nitrogen and oxygen atoms in total. The van der Waals surface area contributed by atoms with E-state index in [1.54, 1.807) is 11.8 Å². The Hall–Kier alpha value is -2.07. The number of benzene rings is 2. The quantitative estimate of drug-likeness (QED) is 0.343. The van der Waals surface area contributed by atoms with Gasteiger partial charge < -0.3 is 4.74 Å². The number of thioether (sulfide) groups is 1. The lowest BCUT2D eigenvalue weighted by molar-refractivity contribution is 0.340. The van der Waals surface area contributed by atoms with Gasteiger partial charge in [0.25, 0.3) is 0 Å². The molecule has 142 valence electrons. The summed E-state index contributed by atoms with van der Waals surface area (Å²) >= 11 is 1.72. The van der Waals surface area contributed by atoms with Crippen molar-refractivity contribution in [1.29, 1.82) is 0 Å². The Morgan fingerprint density at radius 2 is 1.70 bits per heavy atom. The first-order chi connectivity index (χ1) is 13.0. The molecule has 0 aliphatic rings. The first-order valence-electron chi connectivity index (χ1n) is 9.65. The van der Waals surface area contributed by atoms with Crippen LogP contribution in [0.2, 0.25) is 0 Å². The molecule has 3 rings (SSSR count). The Morgan fingerprint density at radius 3 is 2.33 bits per heavy atom. The number of fused-ring (bicyclic) bond motifs is 1. The maximum Gasteiger partial charge on any atom is 0.188 e. The van der Waals surface area contributed by atoms with Crippen molar-refractivity contribution >= 4 is 22.7 Å². The van der Waals surface area contributed by atoms with Crippen molar-refractivity contribution in [3.05, 3.63) is 48.0 Å². The zero-order valence-corrected chi connectivity index (χ0v) is 17.6. The Labute approximate surface area is 166 Å². The van der Waals surface area contributed by atoms with E-state index in [0.29, 0.717) is 18.4 Å². The summed E-state index contributed by atoms with van der Waals surface area (Å²) in [6, 6.07) is 14.8. The third kappa shape index (κ3) is 4.81. The summed E-state index contributed by atoms with van der Waals surface area (Å²) in [5, 5.41) is 1.87. The standard InChI is InChI=1S/C23H28N2OS/c1-6-26-19-11-12-21-20(13-19)22(25-23(24-21)27-14-15(2)3)18-9-7-17(8-10-18)16(4)5/h7-13,15-16H,6,14H2,1-5H3. The minimum Gasteiger partial charge on any atom is -0.494 e. The van der Waals surface area contributed by atoms with Crippen molar-refractivity contribution in [2.45, 2.75) is 45.7 Å². The molecule has 2 aromatic carbocycles. The van der Waals surface area contributed by atoms with E-state index in [0.717, 1.165) is 38.8 Å². The lowest BCUT2D eigenvalue weighted by atomic mass is 9.99. The molecule has 0 spiro atoms. The smallest absolute Gasteiger partial charge is 0.188 e. The largest absolute Gasteiger partial charge is 0.494 e. The summed E-state index contributed by atoms with van der Waals surface area (Å²) in [6.45, 7) is 11.5. The van der Waals surface area contributed by atoms with Crippen molar-refractivity contribution in [2.24, 2.45) is 5.92 Å². The molecule has 0 unspecified atom stereocenters. The van der Waals surface area contributed by atoms with E-state index >= 15 is 0 Å². The first-order valence-corrected chi connectivity index (χ1v) is 10.6. The Kier molecular flexibility index (Phi) is 6.38. The number of ether oxygens (including phenoxy) is 1. The van der Waals surface area contributed by atoms with Gasteiger partial charge in [-0.1, -0.05) is 63.7 Å². The predicted octanol–water partition coefficient (Wildman–Crippen LogP) is 6.57. The fraction of sp³-hybridized carbons (Fsp3) is 0.391. The lowest BCUT2D eigenvalue weighted by Gasteiger charge is -2.12. The second-order valence-corrected chi connectivity index (χ2v) is 8.44. The number of nitrogens with zero attached hydrogens (tertiary/aromatic N) is 2. The second kappa shape index (κ2) is 8.75. The van der Waals surface area contributed by atoms with Crippen molar-refractivity contribution in [3.63, 3.8) is 0 Å². The highest BCUT2D eigenvalue weighted by Crippen LogP contribution is 2.32. The van der Waals surface area contributed by atoms with Crippen molar-refractivity contribution in [2.75, 3.05) is 12.4 Å². The number of rotatable bonds is 7. The molecule has 0 aliphatic carbocycles. The third-order valence-corrected chi connectivity index (χ3v) is 5.63. The SMILES string of the molecule is CCOc1ccc2nc(SCC(C)C)nc(-c3ccc(C(C)C)cc3)c2c1. The van der Waals surface area contributed by atoms with Gasteiger partial charge in [0.15, 0.2) is 5.16 Å². The van der Waals surface area contributed by atoms with Gasteiger partial charge in [0, 0.05) is 16.7 Å². The van der Waals surface area contributed by atoms with E-state index in [2.05, 4.69) is 58.0 Å². The minimum atomic E-state index is 0.517. The van der Waals surface area contributed by atoms with E-state index in [4.69, 9.17) is 14.7 Å². The molecule has 0 amide bonds. The van der Waals surface area contributed by atoms with Crippen LogP contribution in [0, 0.1) is 5.92 Å². The van der Waals surface area contributed by atoms with Crippen LogP contribution < -0.4 is 4.74 Å². The zero-order valence-electron chi connectivity index (χ0n) is 16.8. The maximum absolute atomic E-state index is 5.70. The molecule has 0 bridgehead atoms. The van der Waals surface area contributed by atoms with Crippen LogP contribution in [0.3, 0.4) is 0 Å². The van der Waals surface area contributed by atoms with E-state index in [1.165, 1.54) is 5.56 Å². The van der Waals surface area contributed by atoms with E-state index in [9.17, 15) is 0 Å². The highest BCUT2D eigenvalue weighted by Gasteiger charge is 2.13. The molecule has 0 saturated carbocycles. The second-order valence-electron chi connectivity index (χ2n) is 7.45. The number of hydrogen-bond acceptors (Lipinski definition) is 4. The van der Waals surface area contributed by atoms with Crippen LogP contribution in [0.1, 0.15) is 46.1 Å². The van der Waals surface area contributed by atoms with Gasteiger partial charge in [0.05, 0.1) is 17.8 Å². The van der Waals surface area contributed by atoms with Gasteiger partial charge in [-0.05, 0) is 42.5 Å². The maximum atomic E-state index is 5.70. The molecule has 0 atom stereocenters. The van der Waals surface area contributed by atoms with Crippen LogP contribution in [0.4, 0.5) is 0 Å². The fourth-order valence-corrected chi connectivity index (χ4v) is 3.70. The summed E-state index contributed by atoms with van der Waals surface area (Å²) in [7, 11) is 0. The molecule has 1 heterocycles. The molecule has 0 N–H and O–H groups in total. The summed E-state index contributed by atoms with van der Waals surface area (Å²) in [6.07, 6.45) is 0. The van der Waals surface area contributed by atoms with Crippen LogP contribution in [-0.4, -0.2) is 22.3 Å². The molecule has 3 aromatic rings. The van der Waals surface area contributed by atoms with Crippen molar-refractivity contribution in [1.82, 2.24) is 9.97 Å². The van der Waals surface area contributed by atoms with Crippen molar-refractivity contribution in [3.8, 4) is 17.0 Å². The van der Waals surface area contributed by atoms with Crippen LogP contribution in [0.5, 0.6) is 5.75 Å². The monoisotopic (exact) mass is 380 g/mol. The van der Waals surface area contributed by atoms with E-state index in [-0.39, 0.29) is 0 Å². The van der Waals surface area contributed by atoms with Crippen LogP contribution in [-0.2, 0) is 0 Å². The van der Waals surface area contributed by atoms with Gasteiger partial charge in [-0.15, -0.1) is 0 Å². The zero-order chi connectivity index (χ0) is 19.4. The number of aromatic nitrogens is 2. The van der Waals surface area contributed by atoms with Crippen LogP contribution >= 0.6 is 11.8 Å². The Morgan fingerprint density at radius 1 is 0.963 bits per heavy atom. The first kappa shape index (κ1) is 19.7. The third-order valence-electron chi connectivity index (χ3n) is 4.35. The average Bonchev–Trinajstić information content (AvgIpc) is 2.66. The van der Waals surface area contributed by atoms with Gasteiger partial charge in [-0.25, -0.2) is 9.97 Å². The summed E-state index contributed by atoms with van der Waals surface area (Å²) in [5.41, 5.74) is 4.39. The van der Waals surface area contributed by atoms with Gasteiger partial charge in [-0.2, -0.15) is 0 Å². The van der Waals surface area contributed by atoms with Crippen LogP contribution in [0.15, 0.2) is 47.6 Å². The summed E-state index contributed by atoms with van der Waals surface area (Å²) in [5.74, 6) is 2.98. The van der Waals surface area contributed by atoms with Crippen LogP contribution in [0.25, 0.3) is 22.2 Å².